The maximum atomic E-state index is 11.0. The Kier molecular flexibility index (Phi) is 6.10. The molecule has 0 radical (unpaired) electrons. The van der Waals surface area contributed by atoms with E-state index in [0.29, 0.717) is 13.2 Å². The lowest BCUT2D eigenvalue weighted by Gasteiger charge is -2.34. The molecular formula is C15H19BrO4S. The van der Waals surface area contributed by atoms with Gasteiger partial charge in [0, 0.05) is 22.2 Å². The van der Waals surface area contributed by atoms with Gasteiger partial charge in [-0.3, -0.25) is 0 Å². The number of carboxylic acids is 1. The number of carboxylic acid groups (broad SMARTS) is 1. The quantitative estimate of drug-likeness (QED) is 0.606. The third-order valence-electron chi connectivity index (χ3n) is 3.42. The Balaban J connectivity index is 1.64. The lowest BCUT2D eigenvalue weighted by molar-refractivity contribution is -0.271. The van der Waals surface area contributed by atoms with Crippen LogP contribution in [0, 0.1) is 5.92 Å². The monoisotopic (exact) mass is 374 g/mol. The van der Waals surface area contributed by atoms with E-state index in [1.807, 2.05) is 23.9 Å². The van der Waals surface area contributed by atoms with Crippen LogP contribution in [-0.2, 0) is 14.3 Å². The number of benzene rings is 1. The van der Waals surface area contributed by atoms with Crippen LogP contribution in [0.15, 0.2) is 33.6 Å². The molecule has 1 fully saturated rings. The van der Waals surface area contributed by atoms with Crippen LogP contribution in [0.5, 0.6) is 0 Å². The van der Waals surface area contributed by atoms with Crippen LogP contribution in [0.3, 0.4) is 0 Å². The maximum absolute atomic E-state index is 11.0. The van der Waals surface area contributed by atoms with Crippen molar-refractivity contribution in [1.29, 1.82) is 0 Å². The highest BCUT2D eigenvalue weighted by Gasteiger charge is 2.40. The van der Waals surface area contributed by atoms with Crippen molar-refractivity contribution in [3.05, 3.63) is 28.7 Å². The Hall–Kier alpha value is -0.560. The summed E-state index contributed by atoms with van der Waals surface area (Å²) in [5.74, 6) is -1.22. The second-order valence-electron chi connectivity index (χ2n) is 5.18. The number of rotatable bonds is 6. The lowest BCUT2D eigenvalue weighted by Crippen LogP contribution is -2.47. The summed E-state index contributed by atoms with van der Waals surface area (Å²) < 4.78 is 11.8. The lowest BCUT2D eigenvalue weighted by atomic mass is 10.0. The molecule has 1 aliphatic heterocycles. The van der Waals surface area contributed by atoms with Crippen LogP contribution < -0.4 is 0 Å². The van der Waals surface area contributed by atoms with Gasteiger partial charge in [-0.15, -0.1) is 11.8 Å². The van der Waals surface area contributed by atoms with Crippen LogP contribution >= 0.6 is 27.7 Å². The summed E-state index contributed by atoms with van der Waals surface area (Å²) in [6, 6.07) is 8.27. The SMILES string of the molecule is CC1(C(=O)O)OCC(CCCSc2ccc(Br)cc2)CO1. The molecule has 1 aromatic rings. The molecule has 0 saturated carbocycles. The zero-order valence-electron chi connectivity index (χ0n) is 11.9. The average Bonchev–Trinajstić information content (AvgIpc) is 2.47. The second-order valence-corrected chi connectivity index (χ2v) is 7.27. The number of aliphatic carboxylic acids is 1. The number of thioether (sulfide) groups is 1. The summed E-state index contributed by atoms with van der Waals surface area (Å²) in [6.07, 6.45) is 2.04. The third kappa shape index (κ3) is 4.98. The van der Waals surface area contributed by atoms with Crippen LogP contribution in [0.25, 0.3) is 0 Å². The fourth-order valence-corrected chi connectivity index (χ4v) is 3.17. The zero-order chi connectivity index (χ0) is 15.3. The predicted molar refractivity (Wildman–Crippen MR) is 85.5 cm³/mol. The second kappa shape index (κ2) is 7.63. The van der Waals surface area contributed by atoms with Crippen molar-refractivity contribution in [2.75, 3.05) is 19.0 Å². The van der Waals surface area contributed by atoms with Gasteiger partial charge in [0.25, 0.3) is 5.79 Å². The fourth-order valence-electron chi connectivity index (χ4n) is 2.03. The van der Waals surface area contributed by atoms with Crippen LogP contribution in [0.4, 0.5) is 0 Å². The molecule has 0 spiro atoms. The predicted octanol–water partition coefficient (Wildman–Crippen LogP) is 3.79. The summed E-state index contributed by atoms with van der Waals surface area (Å²) in [5.41, 5.74) is 0. The van der Waals surface area contributed by atoms with Crippen molar-refractivity contribution < 1.29 is 19.4 Å². The van der Waals surface area contributed by atoms with E-state index in [1.54, 1.807) is 0 Å². The van der Waals surface area contributed by atoms with Crippen molar-refractivity contribution in [3.63, 3.8) is 0 Å². The maximum Gasteiger partial charge on any atom is 0.364 e. The number of hydrogen-bond donors (Lipinski definition) is 1. The van der Waals surface area contributed by atoms with E-state index in [0.717, 1.165) is 23.1 Å². The van der Waals surface area contributed by atoms with Gasteiger partial charge < -0.3 is 14.6 Å². The molecule has 21 heavy (non-hydrogen) atoms. The number of halogens is 1. The first kappa shape index (κ1) is 16.8. The minimum absolute atomic E-state index is 0.281. The Morgan fingerprint density at radius 2 is 2.00 bits per heavy atom. The molecule has 1 saturated heterocycles. The zero-order valence-corrected chi connectivity index (χ0v) is 14.3. The van der Waals surface area contributed by atoms with Gasteiger partial charge in [-0.1, -0.05) is 15.9 Å². The molecule has 0 bridgehead atoms. The van der Waals surface area contributed by atoms with Crippen molar-refractivity contribution in [3.8, 4) is 0 Å². The van der Waals surface area contributed by atoms with Gasteiger partial charge in [0.05, 0.1) is 13.2 Å². The average molecular weight is 375 g/mol. The topological polar surface area (TPSA) is 55.8 Å². The van der Waals surface area contributed by atoms with Gasteiger partial charge >= 0.3 is 5.97 Å². The minimum Gasteiger partial charge on any atom is -0.477 e. The summed E-state index contributed by atoms with van der Waals surface area (Å²) in [7, 11) is 0. The minimum atomic E-state index is -1.47. The van der Waals surface area contributed by atoms with E-state index in [4.69, 9.17) is 14.6 Å². The van der Waals surface area contributed by atoms with E-state index >= 15 is 0 Å². The summed E-state index contributed by atoms with van der Waals surface area (Å²) in [5, 5.41) is 8.99. The number of ether oxygens (including phenoxy) is 2. The Bertz CT molecular complexity index is 469. The molecule has 0 aliphatic carbocycles. The highest BCUT2D eigenvalue weighted by Crippen LogP contribution is 2.26. The summed E-state index contributed by atoms with van der Waals surface area (Å²) >= 11 is 5.25. The highest BCUT2D eigenvalue weighted by molar-refractivity contribution is 9.10. The van der Waals surface area contributed by atoms with Crippen molar-refractivity contribution in [1.82, 2.24) is 0 Å². The first-order valence-corrected chi connectivity index (χ1v) is 8.67. The molecule has 0 amide bonds. The summed E-state index contributed by atoms with van der Waals surface area (Å²) in [6.45, 7) is 2.35. The van der Waals surface area contributed by atoms with E-state index in [9.17, 15) is 4.79 Å². The Morgan fingerprint density at radius 3 is 2.57 bits per heavy atom. The molecule has 6 heteroatoms. The molecule has 0 atom stereocenters. The number of hydrogen-bond acceptors (Lipinski definition) is 4. The van der Waals surface area contributed by atoms with Gasteiger partial charge in [0.1, 0.15) is 0 Å². The van der Waals surface area contributed by atoms with E-state index in [2.05, 4.69) is 28.1 Å². The van der Waals surface area contributed by atoms with Crippen LogP contribution in [0.2, 0.25) is 0 Å². The van der Waals surface area contributed by atoms with Gasteiger partial charge in [-0.25, -0.2) is 4.79 Å². The summed E-state index contributed by atoms with van der Waals surface area (Å²) in [4.78, 5) is 12.2. The molecule has 1 heterocycles. The van der Waals surface area contributed by atoms with Gasteiger partial charge in [0.15, 0.2) is 0 Å². The van der Waals surface area contributed by atoms with Crippen LogP contribution in [0.1, 0.15) is 19.8 Å². The van der Waals surface area contributed by atoms with E-state index in [-0.39, 0.29) is 5.92 Å². The van der Waals surface area contributed by atoms with E-state index < -0.39 is 11.8 Å². The smallest absolute Gasteiger partial charge is 0.364 e. The molecule has 1 aromatic carbocycles. The van der Waals surface area contributed by atoms with Gasteiger partial charge in [-0.05, 0) is 42.9 Å². The molecule has 1 N–H and O–H groups in total. The van der Waals surface area contributed by atoms with E-state index in [1.165, 1.54) is 11.8 Å². The van der Waals surface area contributed by atoms with Gasteiger partial charge in [0.2, 0.25) is 0 Å². The Labute approximate surface area is 137 Å². The molecule has 116 valence electrons. The molecule has 0 unspecified atom stereocenters. The molecule has 0 aromatic heterocycles. The van der Waals surface area contributed by atoms with Gasteiger partial charge in [-0.2, -0.15) is 0 Å². The fraction of sp³-hybridized carbons (Fsp3) is 0.533. The molecular weight excluding hydrogens is 356 g/mol. The van der Waals surface area contributed by atoms with Crippen molar-refractivity contribution in [2.45, 2.75) is 30.4 Å². The Morgan fingerprint density at radius 1 is 1.38 bits per heavy atom. The highest BCUT2D eigenvalue weighted by atomic mass is 79.9. The largest absolute Gasteiger partial charge is 0.477 e. The molecule has 4 nitrogen and oxygen atoms in total. The molecule has 1 aliphatic rings. The molecule has 2 rings (SSSR count). The van der Waals surface area contributed by atoms with Crippen molar-refractivity contribution in [2.24, 2.45) is 5.92 Å². The normalized spacial score (nSPS) is 25.7. The first-order chi connectivity index (χ1) is 9.99. The third-order valence-corrected chi connectivity index (χ3v) is 5.04. The number of carbonyl (C=O) groups is 1. The van der Waals surface area contributed by atoms with Crippen molar-refractivity contribution >= 4 is 33.7 Å². The van der Waals surface area contributed by atoms with Crippen LogP contribution in [-0.4, -0.2) is 35.8 Å². The first-order valence-electron chi connectivity index (χ1n) is 6.89. The standard InChI is InChI=1S/C15H19BrO4S/c1-15(14(17)18)19-9-11(10-20-15)3-2-8-21-13-6-4-12(16)5-7-13/h4-7,11H,2-3,8-10H2,1H3,(H,17,18).